The maximum Gasteiger partial charge on any atom is 0.119 e. The van der Waals surface area contributed by atoms with Crippen LogP contribution < -0.4 is 10.1 Å². The summed E-state index contributed by atoms with van der Waals surface area (Å²) in [6.07, 6.45) is 2.51. The molecule has 1 aromatic carbocycles. The Hall–Kier alpha value is -1.02. The first-order chi connectivity index (χ1) is 8.25. The molecule has 2 heteroatoms. The van der Waals surface area contributed by atoms with E-state index in [1.165, 1.54) is 18.4 Å². The van der Waals surface area contributed by atoms with Gasteiger partial charge >= 0.3 is 0 Å². The van der Waals surface area contributed by atoms with E-state index < -0.39 is 0 Å². The molecule has 0 aromatic heterocycles. The Kier molecular flexibility index (Phi) is 4.43. The van der Waals surface area contributed by atoms with Crippen molar-refractivity contribution in [1.29, 1.82) is 0 Å². The Morgan fingerprint density at radius 1 is 1.18 bits per heavy atom. The number of benzene rings is 1. The highest BCUT2D eigenvalue weighted by molar-refractivity contribution is 5.29. The van der Waals surface area contributed by atoms with Crippen LogP contribution in [0.2, 0.25) is 0 Å². The van der Waals surface area contributed by atoms with Crippen molar-refractivity contribution < 1.29 is 4.74 Å². The lowest BCUT2D eigenvalue weighted by Crippen LogP contribution is -2.26. The molecule has 2 nitrogen and oxygen atoms in total. The third-order valence-corrected chi connectivity index (χ3v) is 3.27. The van der Waals surface area contributed by atoms with Crippen LogP contribution in [0.25, 0.3) is 0 Å². The van der Waals surface area contributed by atoms with Crippen molar-refractivity contribution in [3.63, 3.8) is 0 Å². The van der Waals surface area contributed by atoms with Crippen molar-refractivity contribution in [3.8, 4) is 5.75 Å². The monoisotopic (exact) mass is 233 g/mol. The largest absolute Gasteiger partial charge is 0.493 e. The Labute approximate surface area is 104 Å². The molecule has 0 radical (unpaired) electrons. The predicted octanol–water partition coefficient (Wildman–Crippen LogP) is 3.19. The fraction of sp³-hybridized carbons (Fsp3) is 0.600. The Bertz CT molecular complexity index is 325. The van der Waals surface area contributed by atoms with Crippen LogP contribution in [0.15, 0.2) is 24.3 Å². The Morgan fingerprint density at radius 3 is 2.41 bits per heavy atom. The van der Waals surface area contributed by atoms with Crippen LogP contribution in [0.4, 0.5) is 0 Å². The molecule has 1 aliphatic heterocycles. The fourth-order valence-electron chi connectivity index (χ4n) is 2.25. The van der Waals surface area contributed by atoms with Crippen molar-refractivity contribution in [2.45, 2.75) is 32.6 Å². The summed E-state index contributed by atoms with van der Waals surface area (Å²) >= 11 is 0. The summed E-state index contributed by atoms with van der Waals surface area (Å²) in [5.74, 6) is 2.31. The molecule has 0 atom stereocenters. The Balaban J connectivity index is 1.92. The number of hydrogen-bond donors (Lipinski definition) is 1. The van der Waals surface area contributed by atoms with E-state index in [9.17, 15) is 0 Å². The van der Waals surface area contributed by atoms with Crippen LogP contribution in [-0.4, -0.2) is 19.7 Å². The van der Waals surface area contributed by atoms with E-state index in [1.54, 1.807) is 0 Å². The summed E-state index contributed by atoms with van der Waals surface area (Å²) in [6, 6.07) is 8.68. The van der Waals surface area contributed by atoms with E-state index in [2.05, 4.69) is 43.4 Å². The molecule has 1 N–H and O–H groups in total. The lowest BCUT2D eigenvalue weighted by atomic mass is 9.90. The summed E-state index contributed by atoms with van der Waals surface area (Å²) < 4.78 is 5.70. The SMILES string of the molecule is CC(C)COc1ccc(C2CCNCC2)cc1. The number of hydrogen-bond acceptors (Lipinski definition) is 2. The summed E-state index contributed by atoms with van der Waals surface area (Å²) in [6.45, 7) is 7.44. The second kappa shape index (κ2) is 6.06. The van der Waals surface area contributed by atoms with Crippen LogP contribution in [0.1, 0.15) is 38.2 Å². The smallest absolute Gasteiger partial charge is 0.119 e. The number of piperidine rings is 1. The maximum absolute atomic E-state index is 5.70. The molecule has 17 heavy (non-hydrogen) atoms. The van der Waals surface area contributed by atoms with E-state index >= 15 is 0 Å². The summed E-state index contributed by atoms with van der Waals surface area (Å²) in [5, 5.41) is 3.40. The molecule has 0 unspecified atom stereocenters. The maximum atomic E-state index is 5.70. The first-order valence-corrected chi connectivity index (χ1v) is 6.69. The zero-order valence-corrected chi connectivity index (χ0v) is 10.9. The minimum absolute atomic E-state index is 0.582. The third-order valence-electron chi connectivity index (χ3n) is 3.27. The first-order valence-electron chi connectivity index (χ1n) is 6.69. The zero-order chi connectivity index (χ0) is 12.1. The fourth-order valence-corrected chi connectivity index (χ4v) is 2.25. The molecular weight excluding hydrogens is 210 g/mol. The van der Waals surface area contributed by atoms with Gasteiger partial charge in [0.15, 0.2) is 0 Å². The number of nitrogens with one attached hydrogen (secondary N) is 1. The van der Waals surface area contributed by atoms with Crippen LogP contribution in [-0.2, 0) is 0 Å². The molecule has 0 amide bonds. The lowest BCUT2D eigenvalue weighted by molar-refractivity contribution is 0.271. The van der Waals surface area contributed by atoms with Gasteiger partial charge < -0.3 is 10.1 Å². The molecule has 0 bridgehead atoms. The minimum Gasteiger partial charge on any atom is -0.493 e. The van der Waals surface area contributed by atoms with Crippen molar-refractivity contribution in [1.82, 2.24) is 5.32 Å². The standard InChI is InChI=1S/C15H23NO/c1-12(2)11-17-15-5-3-13(4-6-15)14-7-9-16-10-8-14/h3-6,12,14,16H,7-11H2,1-2H3. The van der Waals surface area contributed by atoms with E-state index in [4.69, 9.17) is 4.74 Å². The van der Waals surface area contributed by atoms with Crippen LogP contribution in [0, 0.1) is 5.92 Å². The summed E-state index contributed by atoms with van der Waals surface area (Å²) in [5.41, 5.74) is 1.46. The van der Waals surface area contributed by atoms with E-state index in [0.29, 0.717) is 5.92 Å². The molecule has 1 fully saturated rings. The molecule has 94 valence electrons. The molecule has 1 aliphatic rings. The van der Waals surface area contributed by atoms with Crippen LogP contribution >= 0.6 is 0 Å². The molecule has 0 spiro atoms. The van der Waals surface area contributed by atoms with Gasteiger partial charge in [-0.2, -0.15) is 0 Å². The highest BCUT2D eigenvalue weighted by Gasteiger charge is 2.14. The quantitative estimate of drug-likeness (QED) is 0.862. The van der Waals surface area contributed by atoms with E-state index in [-0.39, 0.29) is 0 Å². The van der Waals surface area contributed by atoms with Gasteiger partial charge in [-0.1, -0.05) is 26.0 Å². The second-order valence-electron chi connectivity index (χ2n) is 5.30. The van der Waals surface area contributed by atoms with Crippen molar-refractivity contribution in [3.05, 3.63) is 29.8 Å². The van der Waals surface area contributed by atoms with Gasteiger partial charge in [0.1, 0.15) is 5.75 Å². The van der Waals surface area contributed by atoms with Crippen LogP contribution in [0.3, 0.4) is 0 Å². The van der Waals surface area contributed by atoms with Crippen molar-refractivity contribution in [2.24, 2.45) is 5.92 Å². The highest BCUT2D eigenvalue weighted by atomic mass is 16.5. The lowest BCUT2D eigenvalue weighted by Gasteiger charge is -2.23. The predicted molar refractivity (Wildman–Crippen MR) is 71.6 cm³/mol. The Morgan fingerprint density at radius 2 is 1.82 bits per heavy atom. The van der Waals surface area contributed by atoms with Crippen molar-refractivity contribution >= 4 is 0 Å². The molecule has 0 aliphatic carbocycles. The minimum atomic E-state index is 0.582. The average molecular weight is 233 g/mol. The third kappa shape index (κ3) is 3.74. The number of rotatable bonds is 4. The molecule has 0 saturated carbocycles. The average Bonchev–Trinajstić information content (AvgIpc) is 2.38. The summed E-state index contributed by atoms with van der Waals surface area (Å²) in [7, 11) is 0. The summed E-state index contributed by atoms with van der Waals surface area (Å²) in [4.78, 5) is 0. The second-order valence-corrected chi connectivity index (χ2v) is 5.30. The van der Waals surface area contributed by atoms with Gasteiger partial charge in [0.05, 0.1) is 6.61 Å². The van der Waals surface area contributed by atoms with Gasteiger partial charge in [0.25, 0.3) is 0 Å². The molecular formula is C15H23NO. The van der Waals surface area contributed by atoms with E-state index in [1.807, 2.05) is 0 Å². The number of ether oxygens (including phenoxy) is 1. The zero-order valence-electron chi connectivity index (χ0n) is 10.9. The first kappa shape index (κ1) is 12.4. The van der Waals surface area contributed by atoms with Crippen LogP contribution in [0.5, 0.6) is 5.75 Å². The van der Waals surface area contributed by atoms with Gasteiger partial charge in [-0.25, -0.2) is 0 Å². The van der Waals surface area contributed by atoms with Gasteiger partial charge in [0.2, 0.25) is 0 Å². The van der Waals surface area contributed by atoms with Gasteiger partial charge in [-0.3, -0.25) is 0 Å². The highest BCUT2D eigenvalue weighted by Crippen LogP contribution is 2.26. The topological polar surface area (TPSA) is 21.3 Å². The normalized spacial score (nSPS) is 17.4. The van der Waals surface area contributed by atoms with Gasteiger partial charge in [-0.05, 0) is 55.5 Å². The molecule has 2 rings (SSSR count). The molecule has 1 heterocycles. The molecule has 1 saturated heterocycles. The van der Waals surface area contributed by atoms with E-state index in [0.717, 1.165) is 31.4 Å². The van der Waals surface area contributed by atoms with Gasteiger partial charge in [0, 0.05) is 0 Å². The molecule has 1 aromatic rings. The van der Waals surface area contributed by atoms with Gasteiger partial charge in [-0.15, -0.1) is 0 Å². The van der Waals surface area contributed by atoms with Crippen molar-refractivity contribution in [2.75, 3.05) is 19.7 Å².